The highest BCUT2D eigenvalue weighted by atomic mass is 32.2. The minimum absolute atomic E-state index is 0.0516. The van der Waals surface area contributed by atoms with Crippen molar-refractivity contribution in [2.75, 3.05) is 33.5 Å². The minimum atomic E-state index is -0.0516. The lowest BCUT2D eigenvalue weighted by molar-refractivity contribution is -0.123. The zero-order valence-corrected chi connectivity index (χ0v) is 19.5. The molecule has 8 heteroatoms. The summed E-state index contributed by atoms with van der Waals surface area (Å²) >= 11 is 6.75. The molecule has 0 bridgehead atoms. The second kappa shape index (κ2) is 10.8. The molecule has 168 valence electrons. The van der Waals surface area contributed by atoms with Crippen LogP contribution in [0.1, 0.15) is 18.4 Å². The maximum atomic E-state index is 12.8. The molecule has 2 aliphatic rings. The van der Waals surface area contributed by atoms with Gasteiger partial charge in [-0.2, -0.15) is 0 Å². The maximum Gasteiger partial charge on any atom is 0.266 e. The maximum absolute atomic E-state index is 12.8. The summed E-state index contributed by atoms with van der Waals surface area (Å²) in [6, 6.07) is 15.1. The summed E-state index contributed by atoms with van der Waals surface area (Å²) < 4.78 is 23.0. The van der Waals surface area contributed by atoms with Crippen molar-refractivity contribution in [2.45, 2.75) is 18.9 Å². The first-order valence-corrected chi connectivity index (χ1v) is 11.7. The number of rotatable bonds is 9. The average Bonchev–Trinajstić information content (AvgIpc) is 3.42. The van der Waals surface area contributed by atoms with Gasteiger partial charge in [-0.25, -0.2) is 0 Å². The number of methoxy groups -OCH3 is 1. The van der Waals surface area contributed by atoms with Gasteiger partial charge in [0, 0.05) is 6.61 Å². The molecule has 2 heterocycles. The monoisotopic (exact) mass is 471 g/mol. The van der Waals surface area contributed by atoms with E-state index >= 15 is 0 Å². The molecule has 0 radical (unpaired) electrons. The number of hydrogen-bond donors (Lipinski definition) is 0. The van der Waals surface area contributed by atoms with Crippen LogP contribution in [-0.4, -0.2) is 54.7 Å². The molecule has 0 N–H and O–H groups in total. The van der Waals surface area contributed by atoms with E-state index in [0.29, 0.717) is 40.5 Å². The van der Waals surface area contributed by atoms with Gasteiger partial charge >= 0.3 is 0 Å². The summed E-state index contributed by atoms with van der Waals surface area (Å²) in [6.07, 6.45) is 3.96. The Bertz CT molecular complexity index is 986. The third-order valence-electron chi connectivity index (χ3n) is 5.14. The predicted octanol–water partition coefficient (Wildman–Crippen LogP) is 4.53. The largest absolute Gasteiger partial charge is 0.493 e. The van der Waals surface area contributed by atoms with Crippen molar-refractivity contribution in [2.24, 2.45) is 0 Å². The summed E-state index contributed by atoms with van der Waals surface area (Å²) in [7, 11) is 1.61. The van der Waals surface area contributed by atoms with Crippen LogP contribution in [0.25, 0.3) is 6.08 Å². The average molecular weight is 472 g/mol. The zero-order chi connectivity index (χ0) is 22.3. The van der Waals surface area contributed by atoms with Crippen molar-refractivity contribution in [3.05, 3.63) is 59.0 Å². The SMILES string of the molecule is COc1ccccc1OCCOc1ccc(/C=C2\SC(=S)N(C[C@H]3CCCO3)C2=O)cc1. The van der Waals surface area contributed by atoms with Crippen LogP contribution < -0.4 is 14.2 Å². The number of para-hydroxylation sites is 2. The van der Waals surface area contributed by atoms with Gasteiger partial charge in [-0.3, -0.25) is 9.69 Å². The molecule has 0 unspecified atom stereocenters. The number of hydrogen-bond acceptors (Lipinski definition) is 7. The summed E-state index contributed by atoms with van der Waals surface area (Å²) in [5.41, 5.74) is 0.917. The Labute approximate surface area is 197 Å². The molecule has 2 aromatic carbocycles. The predicted molar refractivity (Wildman–Crippen MR) is 129 cm³/mol. The van der Waals surface area contributed by atoms with Crippen molar-refractivity contribution in [3.8, 4) is 17.2 Å². The van der Waals surface area contributed by atoms with Gasteiger partial charge in [0.1, 0.15) is 23.3 Å². The van der Waals surface area contributed by atoms with E-state index in [4.69, 9.17) is 31.2 Å². The number of thiocarbonyl (C=S) groups is 1. The van der Waals surface area contributed by atoms with Crippen molar-refractivity contribution in [3.63, 3.8) is 0 Å². The topological polar surface area (TPSA) is 57.2 Å². The zero-order valence-electron chi connectivity index (χ0n) is 17.8. The Kier molecular flexibility index (Phi) is 7.68. The quantitative estimate of drug-likeness (QED) is 0.302. The van der Waals surface area contributed by atoms with Crippen LogP contribution in [0.2, 0.25) is 0 Å². The first-order valence-electron chi connectivity index (χ1n) is 10.5. The van der Waals surface area contributed by atoms with Crippen LogP contribution in [0.3, 0.4) is 0 Å². The Morgan fingerprint density at radius 1 is 1.12 bits per heavy atom. The van der Waals surface area contributed by atoms with E-state index in [-0.39, 0.29) is 12.0 Å². The second-order valence-electron chi connectivity index (χ2n) is 7.34. The van der Waals surface area contributed by atoms with Crippen LogP contribution in [0.4, 0.5) is 0 Å². The van der Waals surface area contributed by atoms with Crippen LogP contribution in [0, 0.1) is 0 Å². The van der Waals surface area contributed by atoms with Gasteiger partial charge in [0.25, 0.3) is 5.91 Å². The van der Waals surface area contributed by atoms with Gasteiger partial charge in [0.05, 0.1) is 24.7 Å². The van der Waals surface area contributed by atoms with E-state index in [0.717, 1.165) is 30.8 Å². The smallest absolute Gasteiger partial charge is 0.266 e. The minimum Gasteiger partial charge on any atom is -0.493 e. The van der Waals surface area contributed by atoms with Gasteiger partial charge in [-0.1, -0.05) is 48.2 Å². The molecule has 1 amide bonds. The number of carbonyl (C=O) groups excluding carboxylic acids is 1. The van der Waals surface area contributed by atoms with Crippen LogP contribution >= 0.6 is 24.0 Å². The summed E-state index contributed by atoms with van der Waals surface area (Å²) in [5, 5.41) is 0. The van der Waals surface area contributed by atoms with Crippen molar-refractivity contribution in [1.29, 1.82) is 0 Å². The number of benzene rings is 2. The number of ether oxygens (including phenoxy) is 4. The number of amides is 1. The summed E-state index contributed by atoms with van der Waals surface area (Å²) in [5.74, 6) is 2.06. The highest BCUT2D eigenvalue weighted by Gasteiger charge is 2.34. The van der Waals surface area contributed by atoms with E-state index in [2.05, 4.69) is 0 Å². The molecule has 2 fully saturated rings. The molecule has 0 saturated carbocycles. The Balaban J connectivity index is 1.28. The lowest BCUT2D eigenvalue weighted by Crippen LogP contribution is -2.35. The lowest BCUT2D eigenvalue weighted by atomic mass is 10.2. The standard InChI is InChI=1S/C24H25NO5S2/c1-27-20-6-2-3-7-21(20)30-14-13-29-18-10-8-17(9-11-18)15-22-23(26)25(24(31)32-22)16-19-5-4-12-28-19/h2-3,6-11,15,19H,4-5,12-14,16H2,1H3/b22-15-/t19-/m1/s1. The molecule has 2 saturated heterocycles. The van der Waals surface area contributed by atoms with Gasteiger partial charge < -0.3 is 18.9 Å². The third kappa shape index (κ3) is 5.62. The van der Waals surface area contributed by atoms with Gasteiger partial charge in [-0.05, 0) is 48.7 Å². The van der Waals surface area contributed by atoms with Crippen LogP contribution in [0.15, 0.2) is 53.4 Å². The lowest BCUT2D eigenvalue weighted by Gasteiger charge is -2.18. The van der Waals surface area contributed by atoms with Crippen molar-refractivity contribution in [1.82, 2.24) is 4.90 Å². The number of thioether (sulfide) groups is 1. The second-order valence-corrected chi connectivity index (χ2v) is 9.02. The molecule has 0 aliphatic carbocycles. The van der Waals surface area contributed by atoms with Crippen molar-refractivity contribution >= 4 is 40.3 Å². The summed E-state index contributed by atoms with van der Waals surface area (Å²) in [6.45, 7) is 2.09. The van der Waals surface area contributed by atoms with E-state index in [1.165, 1.54) is 11.8 Å². The van der Waals surface area contributed by atoms with E-state index in [9.17, 15) is 4.79 Å². The highest BCUT2D eigenvalue weighted by Crippen LogP contribution is 2.33. The first kappa shape index (κ1) is 22.6. The molecule has 4 rings (SSSR count). The molecule has 2 aromatic rings. The number of nitrogens with zero attached hydrogens (tertiary/aromatic N) is 1. The summed E-state index contributed by atoms with van der Waals surface area (Å²) in [4.78, 5) is 15.0. The van der Waals surface area contributed by atoms with E-state index in [1.807, 2.05) is 54.6 Å². The molecule has 6 nitrogen and oxygen atoms in total. The molecule has 2 aliphatic heterocycles. The fraction of sp³-hybridized carbons (Fsp3) is 0.333. The Morgan fingerprint density at radius 2 is 1.88 bits per heavy atom. The molecule has 0 spiro atoms. The Hall–Kier alpha value is -2.55. The van der Waals surface area contributed by atoms with Crippen molar-refractivity contribution < 1.29 is 23.7 Å². The molecular weight excluding hydrogens is 446 g/mol. The molecule has 32 heavy (non-hydrogen) atoms. The molecule has 0 aromatic heterocycles. The van der Waals surface area contributed by atoms with E-state index < -0.39 is 0 Å². The third-order valence-corrected chi connectivity index (χ3v) is 6.52. The van der Waals surface area contributed by atoms with Gasteiger partial charge in [0.2, 0.25) is 0 Å². The molecule has 1 atom stereocenters. The van der Waals surface area contributed by atoms with Crippen LogP contribution in [0.5, 0.6) is 17.2 Å². The fourth-order valence-corrected chi connectivity index (χ4v) is 4.79. The first-order chi connectivity index (χ1) is 15.6. The highest BCUT2D eigenvalue weighted by molar-refractivity contribution is 8.26. The van der Waals surface area contributed by atoms with Gasteiger partial charge in [-0.15, -0.1) is 0 Å². The molecular formula is C24H25NO5S2. The normalized spacial score (nSPS) is 19.6. The fourth-order valence-electron chi connectivity index (χ4n) is 3.51. The Morgan fingerprint density at radius 3 is 2.59 bits per heavy atom. The number of carbonyl (C=O) groups is 1. The van der Waals surface area contributed by atoms with Gasteiger partial charge in [0.15, 0.2) is 11.5 Å². The van der Waals surface area contributed by atoms with E-state index in [1.54, 1.807) is 12.0 Å². The van der Waals surface area contributed by atoms with Crippen LogP contribution in [-0.2, 0) is 9.53 Å².